The molecular formula is C8H7F3O2S. The van der Waals surface area contributed by atoms with Gasteiger partial charge in [0, 0.05) is 4.90 Å². The van der Waals surface area contributed by atoms with Gasteiger partial charge in [-0.15, -0.1) is 0 Å². The van der Waals surface area contributed by atoms with Gasteiger partial charge in [-0.3, -0.25) is 0 Å². The van der Waals surface area contributed by atoms with Gasteiger partial charge >= 0.3 is 5.51 Å². The van der Waals surface area contributed by atoms with Gasteiger partial charge in [0.05, 0.1) is 7.11 Å². The molecule has 0 radical (unpaired) electrons. The Bertz CT molecular complexity index is 325. The van der Waals surface area contributed by atoms with Crippen LogP contribution in [0.1, 0.15) is 0 Å². The van der Waals surface area contributed by atoms with E-state index in [1.165, 1.54) is 13.2 Å². The third kappa shape index (κ3) is 3.02. The molecule has 1 rings (SSSR count). The maximum Gasteiger partial charge on any atom is 0.446 e. The second-order valence-electron chi connectivity index (χ2n) is 2.38. The number of alkyl halides is 3. The lowest BCUT2D eigenvalue weighted by Gasteiger charge is -2.08. The zero-order valence-electron chi connectivity index (χ0n) is 7.13. The van der Waals surface area contributed by atoms with Gasteiger partial charge in [-0.05, 0) is 30.0 Å². The molecule has 14 heavy (non-hydrogen) atoms. The van der Waals surface area contributed by atoms with E-state index >= 15 is 0 Å². The van der Waals surface area contributed by atoms with Crippen LogP contribution >= 0.6 is 11.8 Å². The number of methoxy groups -OCH3 is 1. The Morgan fingerprint density at radius 3 is 2.50 bits per heavy atom. The molecule has 1 aromatic rings. The molecule has 0 heterocycles. The standard InChI is InChI=1S/C8H7F3O2S/c1-13-7-4-5(2-3-6(7)12)14-8(9,10)11/h2-4,12H,1H3. The minimum atomic E-state index is -4.33. The van der Waals surface area contributed by atoms with Crippen LogP contribution in [0.25, 0.3) is 0 Å². The molecular weight excluding hydrogens is 217 g/mol. The molecule has 0 aromatic heterocycles. The Morgan fingerprint density at radius 1 is 1.36 bits per heavy atom. The van der Waals surface area contributed by atoms with Crippen molar-refractivity contribution in [3.63, 3.8) is 0 Å². The maximum atomic E-state index is 11.9. The van der Waals surface area contributed by atoms with Crippen molar-refractivity contribution < 1.29 is 23.0 Å². The third-order valence-electron chi connectivity index (χ3n) is 1.38. The van der Waals surface area contributed by atoms with Gasteiger partial charge in [0.15, 0.2) is 11.5 Å². The van der Waals surface area contributed by atoms with E-state index < -0.39 is 5.51 Å². The van der Waals surface area contributed by atoms with Crippen LogP contribution in [0.2, 0.25) is 0 Å². The Balaban J connectivity index is 2.90. The molecule has 0 aliphatic heterocycles. The van der Waals surface area contributed by atoms with Crippen molar-refractivity contribution in [2.24, 2.45) is 0 Å². The van der Waals surface area contributed by atoms with Gasteiger partial charge in [-0.1, -0.05) is 0 Å². The first-order valence-corrected chi connectivity index (χ1v) is 4.37. The monoisotopic (exact) mass is 224 g/mol. The number of ether oxygens (including phenoxy) is 1. The van der Waals surface area contributed by atoms with Crippen LogP contribution in [-0.2, 0) is 0 Å². The lowest BCUT2D eigenvalue weighted by molar-refractivity contribution is -0.0328. The van der Waals surface area contributed by atoms with Crippen molar-refractivity contribution in [3.8, 4) is 11.5 Å². The Kier molecular flexibility index (Phi) is 3.15. The zero-order chi connectivity index (χ0) is 10.8. The van der Waals surface area contributed by atoms with E-state index in [-0.39, 0.29) is 28.2 Å². The van der Waals surface area contributed by atoms with Gasteiger partial charge < -0.3 is 9.84 Å². The normalized spacial score (nSPS) is 11.4. The molecule has 1 N–H and O–H groups in total. The summed E-state index contributed by atoms with van der Waals surface area (Å²) in [6.45, 7) is 0. The first kappa shape index (κ1) is 11.0. The number of hydrogen-bond donors (Lipinski definition) is 1. The molecule has 0 amide bonds. The molecule has 2 nitrogen and oxygen atoms in total. The largest absolute Gasteiger partial charge is 0.504 e. The summed E-state index contributed by atoms with van der Waals surface area (Å²) in [7, 11) is 1.27. The van der Waals surface area contributed by atoms with Crippen LogP contribution < -0.4 is 4.74 Å². The van der Waals surface area contributed by atoms with Crippen molar-refractivity contribution in [1.29, 1.82) is 0 Å². The van der Waals surface area contributed by atoms with Gasteiger partial charge in [-0.2, -0.15) is 13.2 Å². The third-order valence-corrected chi connectivity index (χ3v) is 2.11. The van der Waals surface area contributed by atoms with E-state index in [1.54, 1.807) is 0 Å². The Hall–Kier alpha value is -1.04. The average molecular weight is 224 g/mol. The fourth-order valence-electron chi connectivity index (χ4n) is 0.855. The molecule has 1 aromatic carbocycles. The van der Waals surface area contributed by atoms with Gasteiger partial charge in [0.2, 0.25) is 0 Å². The second kappa shape index (κ2) is 4.00. The SMILES string of the molecule is COc1cc(SC(F)(F)F)ccc1O. The van der Waals surface area contributed by atoms with Gasteiger partial charge in [0.1, 0.15) is 0 Å². The topological polar surface area (TPSA) is 29.5 Å². The van der Waals surface area contributed by atoms with Crippen molar-refractivity contribution >= 4 is 11.8 Å². The highest BCUT2D eigenvalue weighted by atomic mass is 32.2. The van der Waals surface area contributed by atoms with E-state index in [9.17, 15) is 13.2 Å². The molecule has 0 unspecified atom stereocenters. The zero-order valence-corrected chi connectivity index (χ0v) is 7.95. The molecule has 0 bridgehead atoms. The minimum Gasteiger partial charge on any atom is -0.504 e. The second-order valence-corrected chi connectivity index (χ2v) is 3.52. The molecule has 6 heteroatoms. The molecule has 0 atom stereocenters. The van der Waals surface area contributed by atoms with E-state index in [1.807, 2.05) is 0 Å². The number of aromatic hydroxyl groups is 1. The summed E-state index contributed by atoms with van der Waals surface area (Å²) >= 11 is -0.252. The molecule has 0 aliphatic rings. The number of benzene rings is 1. The van der Waals surface area contributed by atoms with Crippen LogP contribution in [0, 0.1) is 0 Å². The summed E-state index contributed by atoms with van der Waals surface area (Å²) in [4.78, 5) is -0.0212. The fourth-order valence-corrected chi connectivity index (χ4v) is 1.42. The van der Waals surface area contributed by atoms with Crippen LogP contribution in [0.4, 0.5) is 13.2 Å². The predicted molar refractivity (Wildman–Crippen MR) is 46.6 cm³/mol. The fraction of sp³-hybridized carbons (Fsp3) is 0.250. The van der Waals surface area contributed by atoms with Crippen LogP contribution in [-0.4, -0.2) is 17.7 Å². The molecule has 78 valence electrons. The van der Waals surface area contributed by atoms with Crippen molar-refractivity contribution in [3.05, 3.63) is 18.2 Å². The average Bonchev–Trinajstić information content (AvgIpc) is 2.06. The number of halogens is 3. The first-order valence-electron chi connectivity index (χ1n) is 3.55. The summed E-state index contributed by atoms with van der Waals surface area (Å²) in [6, 6.07) is 3.47. The molecule has 0 saturated heterocycles. The molecule has 0 aliphatic carbocycles. The number of thioether (sulfide) groups is 1. The Labute approximate surface area is 82.7 Å². The highest BCUT2D eigenvalue weighted by Gasteiger charge is 2.29. The van der Waals surface area contributed by atoms with E-state index in [4.69, 9.17) is 5.11 Å². The number of phenolic OH excluding ortho intramolecular Hbond substituents is 1. The molecule has 0 fully saturated rings. The maximum absolute atomic E-state index is 11.9. The van der Waals surface area contributed by atoms with Crippen molar-refractivity contribution in [2.75, 3.05) is 7.11 Å². The number of phenols is 1. The highest BCUT2D eigenvalue weighted by Crippen LogP contribution is 2.39. The number of rotatable bonds is 2. The summed E-state index contributed by atoms with van der Waals surface area (Å²) in [5, 5.41) is 9.12. The van der Waals surface area contributed by atoms with E-state index in [0.717, 1.165) is 12.1 Å². The lowest BCUT2D eigenvalue weighted by Crippen LogP contribution is -1.99. The first-order chi connectivity index (χ1) is 6.42. The summed E-state index contributed by atoms with van der Waals surface area (Å²) in [5.74, 6) is -0.154. The lowest BCUT2D eigenvalue weighted by atomic mass is 10.3. The Morgan fingerprint density at radius 2 is 2.00 bits per heavy atom. The van der Waals surface area contributed by atoms with Crippen LogP contribution in [0.5, 0.6) is 11.5 Å². The highest BCUT2D eigenvalue weighted by molar-refractivity contribution is 8.00. The van der Waals surface area contributed by atoms with E-state index in [2.05, 4.69) is 4.74 Å². The molecule has 0 saturated carbocycles. The summed E-state index contributed by atoms with van der Waals surface area (Å²) < 4.78 is 40.5. The summed E-state index contributed by atoms with van der Waals surface area (Å²) in [6.07, 6.45) is 0. The van der Waals surface area contributed by atoms with Crippen molar-refractivity contribution in [2.45, 2.75) is 10.4 Å². The predicted octanol–water partition coefficient (Wildman–Crippen LogP) is 3.01. The summed E-state index contributed by atoms with van der Waals surface area (Å²) in [5.41, 5.74) is -4.33. The van der Waals surface area contributed by atoms with Crippen LogP contribution in [0.15, 0.2) is 23.1 Å². The van der Waals surface area contributed by atoms with Crippen LogP contribution in [0.3, 0.4) is 0 Å². The van der Waals surface area contributed by atoms with Crippen molar-refractivity contribution in [1.82, 2.24) is 0 Å². The van der Waals surface area contributed by atoms with E-state index in [0.29, 0.717) is 0 Å². The smallest absolute Gasteiger partial charge is 0.446 e. The van der Waals surface area contributed by atoms with Gasteiger partial charge in [0.25, 0.3) is 0 Å². The quantitative estimate of drug-likeness (QED) is 0.783. The minimum absolute atomic E-state index is 0.0212. The van der Waals surface area contributed by atoms with Gasteiger partial charge in [-0.25, -0.2) is 0 Å². The molecule has 0 spiro atoms. The number of hydrogen-bond acceptors (Lipinski definition) is 3.